The summed E-state index contributed by atoms with van der Waals surface area (Å²) >= 11 is 0. The molecule has 4 heteroatoms. The molecule has 1 N–H and O–H groups in total. The van der Waals surface area contributed by atoms with Crippen molar-refractivity contribution in [3.05, 3.63) is 82.6 Å². The molecule has 0 aromatic heterocycles. The molecule has 0 amide bonds. The molecular weight excluding hydrogens is 418 g/mol. The Morgan fingerprint density at radius 1 is 1.00 bits per heavy atom. The van der Waals surface area contributed by atoms with Crippen LogP contribution in [-0.2, 0) is 10.8 Å². The summed E-state index contributed by atoms with van der Waals surface area (Å²) in [6.45, 7) is 15.2. The van der Waals surface area contributed by atoms with Crippen molar-refractivity contribution in [2.24, 2.45) is 4.99 Å². The van der Waals surface area contributed by atoms with Crippen molar-refractivity contribution >= 4 is 22.8 Å². The fourth-order valence-electron chi connectivity index (χ4n) is 6.67. The van der Waals surface area contributed by atoms with E-state index in [1.807, 2.05) is 7.05 Å². The first-order valence-corrected chi connectivity index (χ1v) is 12.5. The maximum Gasteiger partial charge on any atom is 0.209 e. The number of rotatable bonds is 4. The van der Waals surface area contributed by atoms with Crippen molar-refractivity contribution in [3.8, 4) is 0 Å². The third-order valence-electron chi connectivity index (χ3n) is 8.33. The minimum Gasteiger partial charge on any atom is -0.872 e. The van der Waals surface area contributed by atoms with Crippen molar-refractivity contribution in [3.63, 3.8) is 0 Å². The second-order valence-electron chi connectivity index (χ2n) is 10.7. The molecule has 2 aromatic carbocycles. The van der Waals surface area contributed by atoms with E-state index in [2.05, 4.69) is 106 Å². The SMILES string of the molecule is CC[N+]1=C(/C=C2/C(=NC)C(C3[NH+](CC)c4ccccc4C3(C)C)=C2[O-])C(C)(C)c2ccccc21. The highest BCUT2D eigenvalue weighted by Crippen LogP contribution is 2.45. The van der Waals surface area contributed by atoms with Crippen molar-refractivity contribution in [1.82, 2.24) is 0 Å². The Morgan fingerprint density at radius 2 is 1.65 bits per heavy atom. The maximum atomic E-state index is 13.9. The fourth-order valence-corrected chi connectivity index (χ4v) is 6.67. The van der Waals surface area contributed by atoms with Crippen molar-refractivity contribution in [1.29, 1.82) is 0 Å². The third-order valence-corrected chi connectivity index (χ3v) is 8.33. The zero-order valence-electron chi connectivity index (χ0n) is 21.5. The molecule has 0 spiro atoms. The van der Waals surface area contributed by atoms with Gasteiger partial charge in [0.05, 0.1) is 23.1 Å². The van der Waals surface area contributed by atoms with Gasteiger partial charge >= 0.3 is 0 Å². The van der Waals surface area contributed by atoms with Crippen LogP contribution in [-0.4, -0.2) is 42.2 Å². The number of nitrogens with zero attached hydrogens (tertiary/aromatic N) is 2. The lowest BCUT2D eigenvalue weighted by Crippen LogP contribution is -3.11. The number of aliphatic imine (C=N–C) groups is 1. The number of quaternary nitrogens is 1. The average molecular weight is 455 g/mol. The maximum absolute atomic E-state index is 13.9. The zero-order chi connectivity index (χ0) is 24.4. The topological polar surface area (TPSA) is 42.9 Å². The fraction of sp³-hybridized carbons (Fsp3) is 0.400. The van der Waals surface area contributed by atoms with Crippen LogP contribution in [0.15, 0.2) is 76.5 Å². The van der Waals surface area contributed by atoms with Crippen LogP contribution in [0.3, 0.4) is 0 Å². The standard InChI is InChI=1S/C30H35N3O/c1-8-32-22-16-12-10-14-20(22)29(3,4)24(32)18-19-26(31-7)25(27(19)34)28-30(5,6)21-15-11-13-17-23(21)33(28)9-2/h10-18,28H,8-9H2,1-7H3/p+1/b19-18-. The predicted octanol–water partition coefficient (Wildman–Crippen LogP) is 3.60. The van der Waals surface area contributed by atoms with Gasteiger partial charge in [-0.1, -0.05) is 42.2 Å². The van der Waals surface area contributed by atoms with E-state index in [1.165, 1.54) is 33.1 Å². The summed E-state index contributed by atoms with van der Waals surface area (Å²) in [6, 6.07) is 17.3. The van der Waals surface area contributed by atoms with Crippen molar-refractivity contribution < 1.29 is 14.6 Å². The van der Waals surface area contributed by atoms with Crippen LogP contribution in [0.4, 0.5) is 11.4 Å². The summed E-state index contributed by atoms with van der Waals surface area (Å²) in [5, 5.41) is 13.9. The molecule has 2 aromatic rings. The van der Waals surface area contributed by atoms with Gasteiger partial charge < -0.3 is 5.11 Å². The molecule has 34 heavy (non-hydrogen) atoms. The van der Waals surface area contributed by atoms with Gasteiger partial charge in [0.25, 0.3) is 0 Å². The molecule has 5 rings (SSSR count). The van der Waals surface area contributed by atoms with Crippen molar-refractivity contribution in [2.75, 3.05) is 20.1 Å². The van der Waals surface area contributed by atoms with Gasteiger partial charge in [0, 0.05) is 35.9 Å². The van der Waals surface area contributed by atoms with Gasteiger partial charge in [-0.15, -0.1) is 0 Å². The predicted molar refractivity (Wildman–Crippen MR) is 138 cm³/mol. The van der Waals surface area contributed by atoms with E-state index in [1.54, 1.807) is 0 Å². The second kappa shape index (κ2) is 7.78. The smallest absolute Gasteiger partial charge is 0.209 e. The van der Waals surface area contributed by atoms with Gasteiger partial charge in [0.1, 0.15) is 18.3 Å². The number of nitrogens with one attached hydrogen (secondary N) is 1. The van der Waals surface area contributed by atoms with Crippen LogP contribution in [0.2, 0.25) is 0 Å². The van der Waals surface area contributed by atoms with Crippen LogP contribution >= 0.6 is 0 Å². The molecule has 176 valence electrons. The molecule has 2 atom stereocenters. The van der Waals surface area contributed by atoms with Gasteiger partial charge in [0.2, 0.25) is 5.69 Å². The molecule has 0 radical (unpaired) electrons. The van der Waals surface area contributed by atoms with Gasteiger partial charge in [-0.3, -0.25) is 9.89 Å². The molecule has 3 aliphatic rings. The Kier molecular flexibility index (Phi) is 5.21. The van der Waals surface area contributed by atoms with Gasteiger partial charge in [-0.05, 0) is 53.2 Å². The molecule has 2 aliphatic heterocycles. The Labute approximate surface area is 203 Å². The lowest BCUT2D eigenvalue weighted by Gasteiger charge is -2.42. The molecule has 2 unspecified atom stereocenters. The largest absolute Gasteiger partial charge is 0.872 e. The second-order valence-corrected chi connectivity index (χ2v) is 10.7. The van der Waals surface area contributed by atoms with Gasteiger partial charge in [-0.2, -0.15) is 4.58 Å². The average Bonchev–Trinajstić information content (AvgIpc) is 3.19. The van der Waals surface area contributed by atoms with Crippen molar-refractivity contribution in [2.45, 2.75) is 58.4 Å². The minimum absolute atomic E-state index is 0.0688. The van der Waals surface area contributed by atoms with Crippen LogP contribution < -0.4 is 10.0 Å². The third kappa shape index (κ3) is 2.88. The van der Waals surface area contributed by atoms with E-state index < -0.39 is 0 Å². The van der Waals surface area contributed by atoms with E-state index >= 15 is 0 Å². The summed E-state index contributed by atoms with van der Waals surface area (Å²) < 4.78 is 2.35. The minimum atomic E-state index is -0.169. The quantitative estimate of drug-likeness (QED) is 0.705. The highest BCUT2D eigenvalue weighted by Gasteiger charge is 2.54. The molecule has 2 heterocycles. The van der Waals surface area contributed by atoms with Crippen LogP contribution in [0.5, 0.6) is 0 Å². The monoisotopic (exact) mass is 454 g/mol. The Balaban J connectivity index is 1.64. The number of likely N-dealkylation sites (N-methyl/N-ethyl adjacent to an activating group) is 1. The zero-order valence-corrected chi connectivity index (χ0v) is 21.5. The first kappa shape index (κ1) is 22.8. The lowest BCUT2D eigenvalue weighted by molar-refractivity contribution is -0.849. The number of benzene rings is 2. The Bertz CT molecular complexity index is 1310. The first-order chi connectivity index (χ1) is 16.2. The Morgan fingerprint density at radius 3 is 2.29 bits per heavy atom. The molecule has 0 saturated carbocycles. The van der Waals surface area contributed by atoms with Gasteiger partial charge in [0.15, 0.2) is 5.71 Å². The molecule has 0 bridgehead atoms. The Hall–Kier alpha value is -2.98. The molecule has 4 nitrogen and oxygen atoms in total. The van der Waals surface area contributed by atoms with E-state index in [4.69, 9.17) is 0 Å². The normalized spacial score (nSPS) is 26.8. The van der Waals surface area contributed by atoms with Crippen LogP contribution in [0.25, 0.3) is 0 Å². The molecule has 1 aliphatic carbocycles. The number of para-hydroxylation sites is 2. The van der Waals surface area contributed by atoms with E-state index in [0.29, 0.717) is 0 Å². The number of allylic oxidation sites excluding steroid dienone is 2. The van der Waals surface area contributed by atoms with Crippen LogP contribution in [0, 0.1) is 0 Å². The summed E-state index contributed by atoms with van der Waals surface area (Å²) in [4.78, 5) is 6.05. The number of fused-ring (bicyclic) bond motifs is 2. The van der Waals surface area contributed by atoms with E-state index in [-0.39, 0.29) is 22.6 Å². The highest BCUT2D eigenvalue weighted by molar-refractivity contribution is 6.26. The summed E-state index contributed by atoms with van der Waals surface area (Å²) in [6.07, 6.45) is 2.12. The lowest BCUT2D eigenvalue weighted by atomic mass is 9.70. The first-order valence-electron chi connectivity index (χ1n) is 12.5. The highest BCUT2D eigenvalue weighted by atomic mass is 16.3. The number of hydrogen-bond acceptors (Lipinski definition) is 2. The molecular formula is C30H36N3O+. The molecule has 0 saturated heterocycles. The number of hydrogen-bond donors (Lipinski definition) is 1. The molecule has 0 fully saturated rings. The summed E-state index contributed by atoms with van der Waals surface area (Å²) in [5.41, 5.74) is 8.60. The summed E-state index contributed by atoms with van der Waals surface area (Å²) in [5.74, 6) is 0.160. The van der Waals surface area contributed by atoms with Gasteiger partial charge in [-0.25, -0.2) is 0 Å². The van der Waals surface area contributed by atoms with E-state index in [0.717, 1.165) is 29.9 Å². The van der Waals surface area contributed by atoms with Crippen LogP contribution in [0.1, 0.15) is 52.7 Å². The summed E-state index contributed by atoms with van der Waals surface area (Å²) in [7, 11) is 1.83. The van der Waals surface area contributed by atoms with E-state index in [9.17, 15) is 5.11 Å².